The van der Waals surface area contributed by atoms with Crippen molar-refractivity contribution in [1.82, 2.24) is 20.3 Å². The van der Waals surface area contributed by atoms with Crippen molar-refractivity contribution in [3.8, 4) is 0 Å². The van der Waals surface area contributed by atoms with Crippen molar-refractivity contribution in [2.45, 2.75) is 31.5 Å². The Labute approximate surface area is 106 Å². The fourth-order valence-electron chi connectivity index (χ4n) is 0.880. The molecule has 102 valence electrons. The van der Waals surface area contributed by atoms with E-state index >= 15 is 0 Å². The van der Waals surface area contributed by atoms with Crippen LogP contribution in [0.25, 0.3) is 0 Å². The van der Waals surface area contributed by atoms with Crippen LogP contribution in [0.3, 0.4) is 0 Å². The molecule has 18 heavy (non-hydrogen) atoms. The van der Waals surface area contributed by atoms with E-state index in [1.165, 1.54) is 13.1 Å². The summed E-state index contributed by atoms with van der Waals surface area (Å²) in [5.74, 6) is 0.359. The first-order valence-corrected chi connectivity index (χ1v) is 6.91. The highest BCUT2D eigenvalue weighted by Gasteiger charge is 2.18. The van der Waals surface area contributed by atoms with Crippen molar-refractivity contribution in [2.75, 3.05) is 13.1 Å². The fraction of sp³-hybridized carbons (Fsp3) is 0.667. The molecule has 1 aromatic heterocycles. The van der Waals surface area contributed by atoms with Gasteiger partial charge in [0.25, 0.3) is 5.16 Å². The number of nitrogens with zero attached hydrogens (tertiary/aromatic N) is 3. The molecule has 1 fully saturated rings. The average molecular weight is 275 g/mol. The van der Waals surface area contributed by atoms with Gasteiger partial charge in [-0.3, -0.25) is 4.55 Å². The van der Waals surface area contributed by atoms with E-state index < -0.39 is 15.3 Å². The van der Waals surface area contributed by atoms with Gasteiger partial charge >= 0.3 is 10.1 Å². The quantitative estimate of drug-likeness (QED) is 0.485. The van der Waals surface area contributed by atoms with E-state index in [0.717, 1.165) is 0 Å². The molecule has 0 unspecified atom stereocenters. The van der Waals surface area contributed by atoms with Crippen molar-refractivity contribution < 1.29 is 13.0 Å². The van der Waals surface area contributed by atoms with Gasteiger partial charge in [-0.25, -0.2) is 9.97 Å². The van der Waals surface area contributed by atoms with Crippen LogP contribution in [0.2, 0.25) is 0 Å². The summed E-state index contributed by atoms with van der Waals surface area (Å²) in [4.78, 5) is 11.1. The summed E-state index contributed by atoms with van der Waals surface area (Å²) in [6.07, 6.45) is 0. The smallest absolute Gasteiger partial charge is 0.324 e. The van der Waals surface area contributed by atoms with Crippen LogP contribution in [0.5, 0.6) is 0 Å². The first kappa shape index (κ1) is 14.9. The third-order valence-corrected chi connectivity index (χ3v) is 2.50. The van der Waals surface area contributed by atoms with E-state index in [1.807, 2.05) is 0 Å². The molecule has 0 amide bonds. The molecule has 0 bridgehead atoms. The topological polar surface area (TPSA) is 141 Å². The minimum absolute atomic E-state index is 0.00917. The van der Waals surface area contributed by atoms with Crippen LogP contribution in [-0.4, -0.2) is 41.0 Å². The summed E-state index contributed by atoms with van der Waals surface area (Å²) in [5.41, 5.74) is 5.30. The zero-order valence-corrected chi connectivity index (χ0v) is 11.1. The maximum atomic E-state index is 10.8. The predicted octanol–water partition coefficient (Wildman–Crippen LogP) is -0.710. The molecular weight excluding hydrogens is 258 g/mol. The summed E-state index contributed by atoms with van der Waals surface area (Å²) in [6.45, 7) is 6.08. The Morgan fingerprint density at radius 3 is 2.22 bits per heavy atom. The predicted molar refractivity (Wildman–Crippen MR) is 64.5 cm³/mol. The van der Waals surface area contributed by atoms with Gasteiger partial charge in [-0.1, -0.05) is 13.8 Å². The molecule has 2 heterocycles. The molecule has 4 N–H and O–H groups in total. The molecule has 1 saturated heterocycles. The number of hydrogen-bond donors (Lipinski definition) is 3. The van der Waals surface area contributed by atoms with Gasteiger partial charge in [0.2, 0.25) is 0 Å². The normalized spacial score (nSPS) is 14.1. The molecule has 0 atom stereocenters. The van der Waals surface area contributed by atoms with Crippen LogP contribution in [0, 0.1) is 0 Å². The second kappa shape index (κ2) is 6.14. The molecule has 1 aromatic rings. The first-order valence-electron chi connectivity index (χ1n) is 5.47. The Hall–Kier alpha value is -1.16. The van der Waals surface area contributed by atoms with E-state index in [4.69, 9.17) is 10.3 Å². The maximum absolute atomic E-state index is 10.8. The van der Waals surface area contributed by atoms with Crippen molar-refractivity contribution in [2.24, 2.45) is 5.73 Å². The van der Waals surface area contributed by atoms with E-state index in [1.54, 1.807) is 13.8 Å². The lowest BCUT2D eigenvalue weighted by atomic mass is 10.2. The van der Waals surface area contributed by atoms with Gasteiger partial charge in [-0.15, -0.1) is 0 Å². The Morgan fingerprint density at radius 2 is 1.89 bits per heavy atom. The van der Waals surface area contributed by atoms with E-state index in [0.29, 0.717) is 0 Å². The zero-order chi connectivity index (χ0) is 13.8. The summed E-state index contributed by atoms with van der Waals surface area (Å²) >= 11 is 0. The molecule has 0 aliphatic carbocycles. The van der Waals surface area contributed by atoms with Crippen molar-refractivity contribution in [3.63, 3.8) is 0 Å². The zero-order valence-electron chi connectivity index (χ0n) is 10.3. The highest BCUT2D eigenvalue weighted by Crippen LogP contribution is 2.11. The van der Waals surface area contributed by atoms with Gasteiger partial charge in [0.1, 0.15) is 11.6 Å². The van der Waals surface area contributed by atoms with E-state index in [2.05, 4.69) is 20.3 Å². The molecule has 0 saturated carbocycles. The third-order valence-electron chi connectivity index (χ3n) is 1.86. The molecule has 0 aromatic carbocycles. The molecule has 8 nitrogen and oxygen atoms in total. The highest BCUT2D eigenvalue weighted by atomic mass is 32.2. The number of aromatic nitrogens is 3. The Bertz CT molecular complexity index is 498. The van der Waals surface area contributed by atoms with Gasteiger partial charge in [0.05, 0.1) is 6.54 Å². The SMILES string of the molecule is C1CN1.CC(C)c1nc(CN)nc(S(=O)(=O)O)n1. The maximum Gasteiger partial charge on any atom is 0.330 e. The van der Waals surface area contributed by atoms with E-state index in [-0.39, 0.29) is 24.1 Å². The minimum atomic E-state index is -4.41. The number of nitrogens with two attached hydrogens (primary N) is 1. The van der Waals surface area contributed by atoms with Crippen molar-refractivity contribution >= 4 is 10.1 Å². The van der Waals surface area contributed by atoms with Crippen molar-refractivity contribution in [1.29, 1.82) is 0 Å². The second-order valence-electron chi connectivity index (χ2n) is 3.98. The lowest BCUT2D eigenvalue weighted by Crippen LogP contribution is -2.14. The Balaban J connectivity index is 0.000000468. The Kier molecular flexibility index (Phi) is 5.08. The molecule has 1 aliphatic rings. The molecular formula is C9H17N5O3S. The molecule has 1 aliphatic heterocycles. The largest absolute Gasteiger partial charge is 0.330 e. The van der Waals surface area contributed by atoms with Gasteiger partial charge in [0, 0.05) is 19.0 Å². The molecule has 0 spiro atoms. The van der Waals surface area contributed by atoms with Crippen LogP contribution in [-0.2, 0) is 16.7 Å². The van der Waals surface area contributed by atoms with Gasteiger partial charge in [-0.05, 0) is 0 Å². The Morgan fingerprint density at radius 1 is 1.33 bits per heavy atom. The van der Waals surface area contributed by atoms with E-state index in [9.17, 15) is 8.42 Å². The second-order valence-corrected chi connectivity index (χ2v) is 5.29. The summed E-state index contributed by atoms with van der Waals surface area (Å²) in [7, 11) is -4.41. The lowest BCUT2D eigenvalue weighted by Gasteiger charge is -2.06. The summed E-state index contributed by atoms with van der Waals surface area (Å²) < 4.78 is 30.5. The standard InChI is InChI=1S/C7H12N4O3S.C2H5N/c1-4(2)6-9-5(3-8)10-7(11-6)15(12,13)14;1-2-3-1/h4H,3,8H2,1-2H3,(H,12,13,14);3H,1-2H2. The molecule has 9 heteroatoms. The minimum Gasteiger partial charge on any atom is -0.324 e. The molecule has 0 radical (unpaired) electrons. The van der Waals surface area contributed by atoms with Gasteiger partial charge < -0.3 is 11.1 Å². The van der Waals surface area contributed by atoms with Crippen molar-refractivity contribution in [3.05, 3.63) is 11.6 Å². The monoisotopic (exact) mass is 275 g/mol. The third kappa shape index (κ3) is 5.00. The van der Waals surface area contributed by atoms with Gasteiger partial charge in [-0.2, -0.15) is 13.4 Å². The first-order chi connectivity index (χ1) is 8.34. The number of hydrogen-bond acceptors (Lipinski definition) is 7. The fourth-order valence-corrected chi connectivity index (χ4v) is 1.31. The summed E-state index contributed by atoms with van der Waals surface area (Å²) in [5, 5.41) is 2.35. The summed E-state index contributed by atoms with van der Waals surface area (Å²) in [6, 6.07) is 0. The number of rotatable bonds is 3. The number of nitrogens with one attached hydrogen (secondary N) is 1. The molecule has 2 rings (SSSR count). The van der Waals surface area contributed by atoms with Crippen LogP contribution in [0.15, 0.2) is 5.16 Å². The van der Waals surface area contributed by atoms with Crippen LogP contribution < -0.4 is 11.1 Å². The average Bonchev–Trinajstić information content (AvgIpc) is 3.14. The van der Waals surface area contributed by atoms with Crippen LogP contribution in [0.1, 0.15) is 31.4 Å². The van der Waals surface area contributed by atoms with Crippen LogP contribution in [0.4, 0.5) is 0 Å². The van der Waals surface area contributed by atoms with Gasteiger partial charge in [0.15, 0.2) is 0 Å². The van der Waals surface area contributed by atoms with Crippen LogP contribution >= 0.6 is 0 Å². The lowest BCUT2D eigenvalue weighted by molar-refractivity contribution is 0.470. The highest BCUT2D eigenvalue weighted by molar-refractivity contribution is 7.85.